The molecule has 7 unspecified atom stereocenters. The number of hydrogen-bond acceptors (Lipinski definition) is 3. The van der Waals surface area contributed by atoms with Gasteiger partial charge in [-0.05, 0) is 123 Å². The number of aliphatic hydroxyl groups excluding tert-OH is 1. The Morgan fingerprint density at radius 2 is 1.71 bits per heavy atom. The van der Waals surface area contributed by atoms with Crippen molar-refractivity contribution < 1.29 is 14.6 Å². The summed E-state index contributed by atoms with van der Waals surface area (Å²) in [5, 5.41) is 13.5. The van der Waals surface area contributed by atoms with E-state index in [2.05, 4.69) is 26.1 Å². The Bertz CT molecular complexity index is 697. The zero-order chi connectivity index (χ0) is 25.1. The van der Waals surface area contributed by atoms with E-state index in [-0.39, 0.29) is 12.0 Å². The van der Waals surface area contributed by atoms with Crippen LogP contribution in [-0.4, -0.2) is 37.4 Å². The van der Waals surface area contributed by atoms with E-state index in [1.165, 1.54) is 57.8 Å². The van der Waals surface area contributed by atoms with E-state index >= 15 is 0 Å². The second-order valence-corrected chi connectivity index (χ2v) is 13.6. The van der Waals surface area contributed by atoms with Crippen LogP contribution in [0.5, 0.6) is 0 Å². The summed E-state index contributed by atoms with van der Waals surface area (Å²) in [6.07, 6.45) is 17.8. The molecule has 0 radical (unpaired) electrons. The molecule has 0 spiro atoms. The summed E-state index contributed by atoms with van der Waals surface area (Å²) >= 11 is 0. The molecule has 4 saturated carbocycles. The van der Waals surface area contributed by atoms with Crippen LogP contribution in [0.3, 0.4) is 0 Å². The monoisotopic (exact) mass is 489 g/mol. The second kappa shape index (κ2) is 11.8. The number of fused-ring (bicyclic) bond motifs is 5. The first-order chi connectivity index (χ1) is 16.8. The largest absolute Gasteiger partial charge is 0.393 e. The highest BCUT2D eigenvalue weighted by atomic mass is 16.5. The number of carbonyl (C=O) groups excluding carboxylic acids is 1. The number of aliphatic hydroxyl groups is 1. The number of unbranched alkanes of at least 4 members (excludes halogenated alkanes) is 3. The van der Waals surface area contributed by atoms with Crippen molar-refractivity contribution in [2.75, 3.05) is 20.3 Å². The third-order valence-corrected chi connectivity index (χ3v) is 11.8. The SMILES string of the molecule is COCCCCCCNC(=O)CCC(C)C1CCC2C3CCC4CC(O)CC[C@]4(C)C3CC[C@]12C. The molecule has 4 heteroatoms. The van der Waals surface area contributed by atoms with Crippen molar-refractivity contribution in [2.45, 2.75) is 123 Å². The molecule has 0 aromatic rings. The topological polar surface area (TPSA) is 58.6 Å². The van der Waals surface area contributed by atoms with Crippen LogP contribution in [0.1, 0.15) is 117 Å². The minimum Gasteiger partial charge on any atom is -0.393 e. The van der Waals surface area contributed by atoms with Crippen LogP contribution in [0.15, 0.2) is 0 Å². The van der Waals surface area contributed by atoms with Gasteiger partial charge < -0.3 is 15.2 Å². The fraction of sp³-hybridized carbons (Fsp3) is 0.968. The fourth-order valence-electron chi connectivity index (χ4n) is 9.81. The quantitative estimate of drug-likeness (QED) is 0.316. The molecule has 0 aliphatic heterocycles. The van der Waals surface area contributed by atoms with Gasteiger partial charge in [-0.1, -0.05) is 33.6 Å². The van der Waals surface area contributed by atoms with E-state index in [9.17, 15) is 9.90 Å². The number of ether oxygens (including phenoxy) is 1. The molecule has 0 aromatic carbocycles. The van der Waals surface area contributed by atoms with Crippen LogP contribution in [0.4, 0.5) is 0 Å². The molecular formula is C31H55NO3. The van der Waals surface area contributed by atoms with E-state index in [4.69, 9.17) is 4.74 Å². The molecule has 4 nitrogen and oxygen atoms in total. The molecule has 0 bridgehead atoms. The molecule has 4 rings (SSSR count). The van der Waals surface area contributed by atoms with E-state index in [1.807, 2.05) is 0 Å². The van der Waals surface area contributed by atoms with Gasteiger partial charge in [0.15, 0.2) is 0 Å². The van der Waals surface area contributed by atoms with Crippen molar-refractivity contribution >= 4 is 5.91 Å². The molecular weight excluding hydrogens is 434 g/mol. The smallest absolute Gasteiger partial charge is 0.220 e. The van der Waals surface area contributed by atoms with Gasteiger partial charge in [-0.15, -0.1) is 0 Å². The van der Waals surface area contributed by atoms with Gasteiger partial charge in [0, 0.05) is 26.7 Å². The van der Waals surface area contributed by atoms with Gasteiger partial charge in [-0.3, -0.25) is 4.79 Å². The summed E-state index contributed by atoms with van der Waals surface area (Å²) in [7, 11) is 1.76. The first-order valence-corrected chi connectivity index (χ1v) is 15.2. The Hall–Kier alpha value is -0.610. The summed E-state index contributed by atoms with van der Waals surface area (Å²) in [6, 6.07) is 0. The summed E-state index contributed by atoms with van der Waals surface area (Å²) in [5.74, 6) is 5.07. The van der Waals surface area contributed by atoms with E-state index in [0.29, 0.717) is 23.2 Å². The maximum atomic E-state index is 12.5. The molecule has 0 heterocycles. The van der Waals surface area contributed by atoms with Crippen LogP contribution in [0.2, 0.25) is 0 Å². The van der Waals surface area contributed by atoms with E-state index in [0.717, 1.165) is 74.8 Å². The first kappa shape index (κ1) is 27.4. The predicted molar refractivity (Wildman–Crippen MR) is 143 cm³/mol. The minimum atomic E-state index is -0.0479. The Morgan fingerprint density at radius 1 is 0.971 bits per heavy atom. The number of nitrogens with one attached hydrogen (secondary N) is 1. The molecule has 35 heavy (non-hydrogen) atoms. The van der Waals surface area contributed by atoms with Gasteiger partial charge in [0.1, 0.15) is 0 Å². The van der Waals surface area contributed by atoms with E-state index in [1.54, 1.807) is 7.11 Å². The van der Waals surface area contributed by atoms with Crippen molar-refractivity contribution in [1.29, 1.82) is 0 Å². The first-order valence-electron chi connectivity index (χ1n) is 15.2. The lowest BCUT2D eigenvalue weighted by molar-refractivity contribution is -0.129. The summed E-state index contributed by atoms with van der Waals surface area (Å²) < 4.78 is 5.10. The Kier molecular flexibility index (Phi) is 9.28. The van der Waals surface area contributed by atoms with Gasteiger partial charge in [0.25, 0.3) is 0 Å². The van der Waals surface area contributed by atoms with Crippen LogP contribution >= 0.6 is 0 Å². The van der Waals surface area contributed by atoms with Crippen LogP contribution < -0.4 is 5.32 Å². The standard InChI is InChI=1S/C31H55NO3/c1-22(9-14-29(34)32-19-7-5-6-8-20-35-4)26-12-13-27-25-11-10-23-21-24(33)15-17-30(23,2)28(25)16-18-31(26,27)3/h22-28,33H,5-21H2,1-4H3,(H,32,34)/t22?,23?,24?,25?,26?,27?,28?,30-,31+/m0/s1. The maximum Gasteiger partial charge on any atom is 0.220 e. The van der Waals surface area contributed by atoms with Crippen molar-refractivity contribution in [2.24, 2.45) is 46.3 Å². The van der Waals surface area contributed by atoms with E-state index < -0.39 is 0 Å². The fourth-order valence-corrected chi connectivity index (χ4v) is 9.81. The average Bonchev–Trinajstić information content (AvgIpc) is 3.19. The van der Waals surface area contributed by atoms with Crippen molar-refractivity contribution in [3.63, 3.8) is 0 Å². The molecule has 1 amide bonds. The summed E-state index contributed by atoms with van der Waals surface area (Å²) in [6.45, 7) is 9.33. The Morgan fingerprint density at radius 3 is 2.51 bits per heavy atom. The Balaban J connectivity index is 1.25. The highest BCUT2D eigenvalue weighted by Gasteiger charge is 2.60. The molecule has 4 aliphatic rings. The number of methoxy groups -OCH3 is 1. The summed E-state index contributed by atoms with van der Waals surface area (Å²) in [5.41, 5.74) is 0.936. The molecule has 2 N–H and O–H groups in total. The van der Waals surface area contributed by atoms with Crippen LogP contribution in [0, 0.1) is 46.3 Å². The molecule has 9 atom stereocenters. The van der Waals surface area contributed by atoms with Crippen molar-refractivity contribution in [3.8, 4) is 0 Å². The highest BCUT2D eigenvalue weighted by molar-refractivity contribution is 5.75. The lowest BCUT2D eigenvalue weighted by atomic mass is 9.44. The number of rotatable bonds is 11. The van der Waals surface area contributed by atoms with Gasteiger partial charge in [0.2, 0.25) is 5.91 Å². The summed E-state index contributed by atoms with van der Waals surface area (Å²) in [4.78, 5) is 12.5. The minimum absolute atomic E-state index is 0.0479. The number of amides is 1. The lowest BCUT2D eigenvalue weighted by Crippen LogP contribution is -2.54. The van der Waals surface area contributed by atoms with Gasteiger partial charge in [0.05, 0.1) is 6.10 Å². The van der Waals surface area contributed by atoms with Gasteiger partial charge in [-0.25, -0.2) is 0 Å². The third kappa shape index (κ3) is 5.79. The second-order valence-electron chi connectivity index (χ2n) is 13.6. The Labute approximate surface area is 215 Å². The number of hydrogen-bond donors (Lipinski definition) is 2. The number of carbonyl (C=O) groups is 1. The normalized spacial score (nSPS) is 41.5. The lowest BCUT2D eigenvalue weighted by Gasteiger charge is -2.61. The maximum absolute atomic E-state index is 12.5. The molecule has 4 fully saturated rings. The molecule has 4 aliphatic carbocycles. The van der Waals surface area contributed by atoms with Gasteiger partial charge in [-0.2, -0.15) is 0 Å². The molecule has 202 valence electrons. The predicted octanol–water partition coefficient (Wildman–Crippen LogP) is 6.75. The average molecular weight is 490 g/mol. The molecule has 0 aromatic heterocycles. The van der Waals surface area contributed by atoms with Crippen LogP contribution in [0.25, 0.3) is 0 Å². The third-order valence-electron chi connectivity index (χ3n) is 11.8. The highest BCUT2D eigenvalue weighted by Crippen LogP contribution is 2.68. The molecule has 0 saturated heterocycles. The van der Waals surface area contributed by atoms with Gasteiger partial charge >= 0.3 is 0 Å². The zero-order valence-corrected chi connectivity index (χ0v) is 23.3. The zero-order valence-electron chi connectivity index (χ0n) is 23.3. The van der Waals surface area contributed by atoms with Crippen molar-refractivity contribution in [3.05, 3.63) is 0 Å². The van der Waals surface area contributed by atoms with Crippen LogP contribution in [-0.2, 0) is 9.53 Å². The van der Waals surface area contributed by atoms with Crippen molar-refractivity contribution in [1.82, 2.24) is 5.32 Å².